The van der Waals surface area contributed by atoms with Gasteiger partial charge >= 0.3 is 0 Å². The molecule has 0 aliphatic rings. The average Bonchev–Trinajstić information content (AvgIpc) is 3.02. The van der Waals surface area contributed by atoms with Crippen molar-refractivity contribution in [3.8, 4) is 0 Å². The molecule has 3 aromatic rings. The summed E-state index contributed by atoms with van der Waals surface area (Å²) in [6, 6.07) is 13.7. The summed E-state index contributed by atoms with van der Waals surface area (Å²) >= 11 is 0. The van der Waals surface area contributed by atoms with Crippen LogP contribution in [0.1, 0.15) is 41.4 Å². The molecule has 0 unspecified atom stereocenters. The van der Waals surface area contributed by atoms with E-state index in [1.807, 2.05) is 38.1 Å². The highest BCUT2D eigenvalue weighted by molar-refractivity contribution is 6.01. The molecule has 0 fully saturated rings. The fourth-order valence-electron chi connectivity index (χ4n) is 2.85. The molecular formula is C19H18N4O3. The van der Waals surface area contributed by atoms with Gasteiger partial charge in [-0.05, 0) is 35.2 Å². The van der Waals surface area contributed by atoms with Crippen LogP contribution < -0.4 is 5.43 Å². The summed E-state index contributed by atoms with van der Waals surface area (Å²) in [6.07, 6.45) is 1.44. The van der Waals surface area contributed by atoms with Crippen molar-refractivity contribution in [2.24, 2.45) is 5.10 Å². The Hall–Kier alpha value is -3.48. The van der Waals surface area contributed by atoms with E-state index >= 15 is 0 Å². The van der Waals surface area contributed by atoms with Crippen LogP contribution in [-0.2, 0) is 0 Å². The fraction of sp³-hybridized carbons (Fsp3) is 0.158. The lowest BCUT2D eigenvalue weighted by Gasteiger charge is -2.07. The number of H-pyrrole nitrogens is 1. The van der Waals surface area contributed by atoms with Crippen LogP contribution in [0.15, 0.2) is 53.6 Å². The molecule has 132 valence electrons. The second kappa shape index (κ2) is 7.18. The Kier molecular flexibility index (Phi) is 4.79. The van der Waals surface area contributed by atoms with E-state index in [0.29, 0.717) is 11.3 Å². The summed E-state index contributed by atoms with van der Waals surface area (Å²) in [5.74, 6) is -0.159. The number of aromatic amines is 1. The molecule has 1 amide bonds. The average molecular weight is 350 g/mol. The first-order valence-electron chi connectivity index (χ1n) is 8.16. The van der Waals surface area contributed by atoms with Gasteiger partial charge in [-0.25, -0.2) is 5.43 Å². The smallest absolute Gasteiger partial charge is 0.288 e. The first kappa shape index (κ1) is 17.3. The number of hydrogen-bond donors (Lipinski definition) is 2. The molecule has 0 radical (unpaired) electrons. The highest BCUT2D eigenvalue weighted by atomic mass is 16.6. The van der Waals surface area contributed by atoms with E-state index in [9.17, 15) is 14.9 Å². The molecule has 0 spiro atoms. The summed E-state index contributed by atoms with van der Waals surface area (Å²) in [4.78, 5) is 25.9. The second-order valence-electron chi connectivity index (χ2n) is 6.16. The minimum absolute atomic E-state index is 0.00540. The first-order chi connectivity index (χ1) is 12.5. The third-order valence-corrected chi connectivity index (χ3v) is 4.03. The van der Waals surface area contributed by atoms with Crippen LogP contribution >= 0.6 is 0 Å². The van der Waals surface area contributed by atoms with Crippen LogP contribution in [0.3, 0.4) is 0 Å². The number of carbonyl (C=O) groups is 1. The molecule has 2 N–H and O–H groups in total. The number of para-hydroxylation sites is 1. The number of fused-ring (bicyclic) bond motifs is 1. The van der Waals surface area contributed by atoms with Crippen LogP contribution in [0.25, 0.3) is 10.9 Å². The Labute approximate surface area is 149 Å². The molecular weight excluding hydrogens is 332 g/mol. The molecule has 7 heteroatoms. The van der Waals surface area contributed by atoms with E-state index in [4.69, 9.17) is 0 Å². The molecule has 0 saturated heterocycles. The molecule has 7 nitrogen and oxygen atoms in total. The molecule has 1 heterocycles. The van der Waals surface area contributed by atoms with E-state index in [1.165, 1.54) is 18.3 Å². The van der Waals surface area contributed by atoms with E-state index in [1.54, 1.807) is 12.1 Å². The number of hydrazone groups is 1. The lowest BCUT2D eigenvalue weighted by Crippen LogP contribution is -2.19. The van der Waals surface area contributed by atoms with Gasteiger partial charge in [0.2, 0.25) is 0 Å². The van der Waals surface area contributed by atoms with Gasteiger partial charge in [-0.2, -0.15) is 5.10 Å². The van der Waals surface area contributed by atoms with E-state index in [-0.39, 0.29) is 17.5 Å². The van der Waals surface area contributed by atoms with Gasteiger partial charge in [0, 0.05) is 23.0 Å². The summed E-state index contributed by atoms with van der Waals surface area (Å²) in [7, 11) is 0. The van der Waals surface area contributed by atoms with Crippen molar-refractivity contribution in [3.63, 3.8) is 0 Å². The van der Waals surface area contributed by atoms with E-state index in [0.717, 1.165) is 16.5 Å². The maximum atomic E-state index is 12.5. The number of hydrogen-bond acceptors (Lipinski definition) is 4. The number of nitrogens with zero attached hydrogens (tertiary/aromatic N) is 2. The molecule has 0 aliphatic carbocycles. The van der Waals surface area contributed by atoms with Gasteiger partial charge in [-0.1, -0.05) is 32.0 Å². The monoisotopic (exact) mass is 350 g/mol. The van der Waals surface area contributed by atoms with Crippen LogP contribution in [0.4, 0.5) is 5.69 Å². The number of nitrogens with one attached hydrogen (secondary N) is 2. The Balaban J connectivity index is 1.79. The van der Waals surface area contributed by atoms with Crippen molar-refractivity contribution in [1.29, 1.82) is 0 Å². The quantitative estimate of drug-likeness (QED) is 0.414. The molecule has 0 saturated carbocycles. The normalized spacial score (nSPS) is 11.3. The summed E-state index contributed by atoms with van der Waals surface area (Å²) in [5, 5.41) is 15.6. The largest absolute Gasteiger partial charge is 0.350 e. The first-order valence-corrected chi connectivity index (χ1v) is 8.16. The number of amides is 1. The van der Waals surface area contributed by atoms with Crippen molar-refractivity contribution in [1.82, 2.24) is 10.4 Å². The Bertz CT molecular complexity index is 988. The molecule has 0 atom stereocenters. The molecule has 26 heavy (non-hydrogen) atoms. The molecule has 0 aliphatic heterocycles. The van der Waals surface area contributed by atoms with Crippen molar-refractivity contribution in [3.05, 3.63) is 75.5 Å². The van der Waals surface area contributed by atoms with Crippen molar-refractivity contribution in [2.45, 2.75) is 19.8 Å². The predicted octanol–water partition coefficient (Wildman–Crippen LogP) is 3.96. The second-order valence-corrected chi connectivity index (χ2v) is 6.16. The highest BCUT2D eigenvalue weighted by Crippen LogP contribution is 2.29. The molecule has 2 aromatic carbocycles. The van der Waals surface area contributed by atoms with Gasteiger partial charge in [0.25, 0.3) is 11.6 Å². The Morgan fingerprint density at radius 2 is 1.88 bits per heavy atom. The van der Waals surface area contributed by atoms with Gasteiger partial charge in [0.05, 0.1) is 11.1 Å². The third kappa shape index (κ3) is 3.46. The third-order valence-electron chi connectivity index (χ3n) is 4.03. The molecule has 1 aromatic heterocycles. The van der Waals surface area contributed by atoms with Gasteiger partial charge in [0.15, 0.2) is 0 Å². The lowest BCUT2D eigenvalue weighted by molar-refractivity contribution is -0.384. The van der Waals surface area contributed by atoms with Gasteiger partial charge in [-0.15, -0.1) is 0 Å². The fourth-order valence-corrected chi connectivity index (χ4v) is 2.85. The SMILES string of the molecule is CC(C)c1c(C(=O)NN=Cc2ccc([N+](=O)[O-])cc2)[nH]c2ccccc12. The number of benzene rings is 2. The van der Waals surface area contributed by atoms with Crippen LogP contribution in [0.5, 0.6) is 0 Å². The minimum atomic E-state index is -0.466. The van der Waals surface area contributed by atoms with Crippen LogP contribution in [0.2, 0.25) is 0 Å². The number of nitro groups is 1. The zero-order valence-electron chi connectivity index (χ0n) is 14.4. The minimum Gasteiger partial charge on any atom is -0.350 e. The van der Waals surface area contributed by atoms with Gasteiger partial charge in [0.1, 0.15) is 5.69 Å². The number of nitro benzene ring substituents is 1. The topological polar surface area (TPSA) is 100 Å². The Morgan fingerprint density at radius 3 is 2.54 bits per heavy atom. The highest BCUT2D eigenvalue weighted by Gasteiger charge is 2.19. The Morgan fingerprint density at radius 1 is 1.19 bits per heavy atom. The molecule has 3 rings (SSSR count). The van der Waals surface area contributed by atoms with Crippen molar-refractivity contribution >= 4 is 28.7 Å². The lowest BCUT2D eigenvalue weighted by atomic mass is 9.99. The molecule has 0 bridgehead atoms. The van der Waals surface area contributed by atoms with Gasteiger partial charge in [-0.3, -0.25) is 14.9 Å². The van der Waals surface area contributed by atoms with Crippen LogP contribution in [0, 0.1) is 10.1 Å². The zero-order chi connectivity index (χ0) is 18.7. The van der Waals surface area contributed by atoms with E-state index < -0.39 is 4.92 Å². The number of carbonyl (C=O) groups excluding carboxylic acids is 1. The summed E-state index contributed by atoms with van der Waals surface area (Å²) < 4.78 is 0. The van der Waals surface area contributed by atoms with Gasteiger partial charge < -0.3 is 4.98 Å². The van der Waals surface area contributed by atoms with Crippen molar-refractivity contribution < 1.29 is 9.72 Å². The van der Waals surface area contributed by atoms with E-state index in [2.05, 4.69) is 15.5 Å². The predicted molar refractivity (Wildman–Crippen MR) is 101 cm³/mol. The standard InChI is InChI=1S/C19H18N4O3/c1-12(2)17-15-5-3-4-6-16(15)21-18(17)19(24)22-20-11-13-7-9-14(10-8-13)23(25)26/h3-12,21H,1-2H3,(H,22,24). The maximum absolute atomic E-state index is 12.5. The number of rotatable bonds is 5. The maximum Gasteiger partial charge on any atom is 0.288 e. The number of non-ortho nitro benzene ring substituents is 1. The van der Waals surface area contributed by atoms with Crippen LogP contribution in [-0.4, -0.2) is 22.0 Å². The number of aromatic nitrogens is 1. The van der Waals surface area contributed by atoms with Crippen molar-refractivity contribution in [2.75, 3.05) is 0 Å². The zero-order valence-corrected chi connectivity index (χ0v) is 14.4. The summed E-state index contributed by atoms with van der Waals surface area (Å²) in [5.41, 5.74) is 5.50. The summed E-state index contributed by atoms with van der Waals surface area (Å²) in [6.45, 7) is 4.07.